The molecule has 0 fully saturated rings. The fourth-order valence-corrected chi connectivity index (χ4v) is 4.60. The van der Waals surface area contributed by atoms with Gasteiger partial charge in [-0.2, -0.15) is 10.2 Å². The van der Waals surface area contributed by atoms with E-state index in [1.165, 1.54) is 6.33 Å². The van der Waals surface area contributed by atoms with E-state index >= 15 is 0 Å². The monoisotopic (exact) mass is 461 g/mol. The molecule has 0 spiro atoms. The van der Waals surface area contributed by atoms with Crippen molar-refractivity contribution in [1.82, 2.24) is 25.2 Å². The molecule has 172 valence electrons. The van der Waals surface area contributed by atoms with Gasteiger partial charge in [0.2, 0.25) is 5.90 Å². The Bertz CT molecular complexity index is 1390. The molecule has 0 saturated heterocycles. The number of hydrogen-bond acceptors (Lipinski definition) is 7. The van der Waals surface area contributed by atoms with Gasteiger partial charge in [-0.05, 0) is 11.1 Å². The van der Waals surface area contributed by atoms with Crippen LogP contribution in [0.5, 0.6) is 0 Å². The van der Waals surface area contributed by atoms with Crippen LogP contribution < -0.4 is 5.43 Å². The number of amidine groups is 1. The zero-order chi connectivity index (χ0) is 23.7. The van der Waals surface area contributed by atoms with Crippen molar-refractivity contribution in [2.75, 3.05) is 0 Å². The van der Waals surface area contributed by atoms with E-state index in [1.54, 1.807) is 4.68 Å². The standard InChI is InChI=1S/C27H23N7O/c1-33-24(28-19-30-33)18-35-26-27(21-13-7-3-8-14-21,22-15-9-4-10-16-22)23-17-29-31-25(34(23)32-26)20-11-5-2-6-12-20/h2-17,19,29H,18H2,1H3. The highest BCUT2D eigenvalue weighted by Gasteiger charge is 2.54. The summed E-state index contributed by atoms with van der Waals surface area (Å²) in [6, 6.07) is 30.6. The molecule has 35 heavy (non-hydrogen) atoms. The predicted molar refractivity (Wildman–Crippen MR) is 133 cm³/mol. The maximum atomic E-state index is 6.49. The molecular weight excluding hydrogens is 438 g/mol. The van der Waals surface area contributed by atoms with Crippen molar-refractivity contribution in [2.24, 2.45) is 17.3 Å². The molecule has 8 nitrogen and oxygen atoms in total. The van der Waals surface area contributed by atoms with Crippen LogP contribution in [0.15, 0.2) is 119 Å². The zero-order valence-electron chi connectivity index (χ0n) is 19.1. The molecule has 0 amide bonds. The van der Waals surface area contributed by atoms with E-state index in [0.29, 0.717) is 17.6 Å². The van der Waals surface area contributed by atoms with Gasteiger partial charge in [0.05, 0.1) is 5.70 Å². The van der Waals surface area contributed by atoms with Gasteiger partial charge in [0.1, 0.15) is 18.3 Å². The minimum atomic E-state index is -0.802. The second-order valence-corrected chi connectivity index (χ2v) is 8.25. The maximum Gasteiger partial charge on any atom is 0.228 e. The molecule has 1 N–H and O–H groups in total. The number of fused-ring (bicyclic) bond motifs is 1. The van der Waals surface area contributed by atoms with Crippen LogP contribution in [0, 0.1) is 0 Å². The lowest BCUT2D eigenvalue weighted by molar-refractivity contribution is 0.260. The Morgan fingerprint density at radius 1 is 0.857 bits per heavy atom. The van der Waals surface area contributed by atoms with E-state index in [0.717, 1.165) is 22.4 Å². The first kappa shape index (κ1) is 20.9. The topological polar surface area (TPSA) is 79.9 Å². The normalized spacial score (nSPS) is 16.0. The first-order chi connectivity index (χ1) is 17.3. The van der Waals surface area contributed by atoms with Crippen LogP contribution >= 0.6 is 0 Å². The number of ether oxygens (including phenoxy) is 1. The molecule has 3 aromatic carbocycles. The van der Waals surface area contributed by atoms with Crippen LogP contribution in [0.25, 0.3) is 0 Å². The van der Waals surface area contributed by atoms with Crippen molar-refractivity contribution in [3.05, 3.63) is 132 Å². The number of nitrogens with one attached hydrogen (secondary N) is 1. The molecular formula is C27H23N7O. The summed E-state index contributed by atoms with van der Waals surface area (Å²) < 4.78 is 8.19. The Morgan fingerprint density at radius 2 is 1.49 bits per heavy atom. The van der Waals surface area contributed by atoms with E-state index in [4.69, 9.17) is 9.84 Å². The van der Waals surface area contributed by atoms with Gasteiger partial charge in [-0.25, -0.2) is 9.99 Å². The fraction of sp³-hybridized carbons (Fsp3) is 0.111. The highest BCUT2D eigenvalue weighted by Crippen LogP contribution is 2.47. The lowest BCUT2D eigenvalue weighted by Gasteiger charge is -2.35. The molecule has 6 rings (SSSR count). The highest BCUT2D eigenvalue weighted by atomic mass is 16.5. The lowest BCUT2D eigenvalue weighted by Crippen LogP contribution is -2.42. The third kappa shape index (κ3) is 3.38. The summed E-state index contributed by atoms with van der Waals surface area (Å²) in [5.74, 6) is 1.93. The summed E-state index contributed by atoms with van der Waals surface area (Å²) in [6.07, 6.45) is 3.42. The molecule has 8 heteroatoms. The molecule has 0 aliphatic carbocycles. The quantitative estimate of drug-likeness (QED) is 0.490. The number of aryl methyl sites for hydroxylation is 1. The van der Waals surface area contributed by atoms with Crippen LogP contribution in [-0.2, 0) is 23.8 Å². The minimum absolute atomic E-state index is 0.225. The molecule has 0 unspecified atom stereocenters. The second kappa shape index (κ2) is 8.57. The first-order valence-corrected chi connectivity index (χ1v) is 11.3. The maximum absolute atomic E-state index is 6.49. The van der Waals surface area contributed by atoms with Crippen LogP contribution in [0.2, 0.25) is 0 Å². The van der Waals surface area contributed by atoms with Crippen molar-refractivity contribution in [1.29, 1.82) is 0 Å². The summed E-state index contributed by atoms with van der Waals surface area (Å²) in [6.45, 7) is 0.225. The number of nitrogens with zero attached hydrogens (tertiary/aromatic N) is 6. The Kier molecular flexibility index (Phi) is 5.11. The van der Waals surface area contributed by atoms with Crippen molar-refractivity contribution in [3.8, 4) is 0 Å². The Labute approximate surface area is 202 Å². The molecule has 2 aliphatic heterocycles. The predicted octanol–water partition coefficient (Wildman–Crippen LogP) is 3.75. The Balaban J connectivity index is 1.54. The van der Waals surface area contributed by atoms with E-state index < -0.39 is 5.41 Å². The lowest BCUT2D eigenvalue weighted by atomic mass is 9.72. The Morgan fingerprint density at radius 3 is 2.09 bits per heavy atom. The third-order valence-electron chi connectivity index (χ3n) is 6.29. The van der Waals surface area contributed by atoms with E-state index in [1.807, 2.05) is 85.0 Å². The SMILES string of the molecule is Cn1ncnc1COC1=NN2C(=CNN=C2c2ccccc2)C1(c1ccccc1)c1ccccc1. The van der Waals surface area contributed by atoms with Crippen LogP contribution in [-0.4, -0.2) is 31.5 Å². The number of benzene rings is 3. The number of aromatic nitrogens is 3. The molecule has 3 heterocycles. The average molecular weight is 462 g/mol. The summed E-state index contributed by atoms with van der Waals surface area (Å²) in [5, 5.41) is 15.7. The minimum Gasteiger partial charge on any atom is -0.470 e. The smallest absolute Gasteiger partial charge is 0.228 e. The Hall–Kier alpha value is -4.72. The van der Waals surface area contributed by atoms with Gasteiger partial charge in [0.25, 0.3) is 0 Å². The van der Waals surface area contributed by atoms with Gasteiger partial charge in [-0.1, -0.05) is 91.0 Å². The van der Waals surface area contributed by atoms with Crippen molar-refractivity contribution in [2.45, 2.75) is 12.0 Å². The largest absolute Gasteiger partial charge is 0.470 e. The fourth-order valence-electron chi connectivity index (χ4n) is 4.60. The summed E-state index contributed by atoms with van der Waals surface area (Å²) in [4.78, 5) is 4.33. The van der Waals surface area contributed by atoms with Gasteiger partial charge in [0.15, 0.2) is 11.7 Å². The van der Waals surface area contributed by atoms with E-state index in [9.17, 15) is 0 Å². The molecule has 4 aromatic rings. The molecule has 0 radical (unpaired) electrons. The number of hydrogen-bond donors (Lipinski definition) is 1. The number of rotatable bonds is 5. The van der Waals surface area contributed by atoms with Gasteiger partial charge < -0.3 is 4.74 Å². The number of hydrazone groups is 2. The van der Waals surface area contributed by atoms with Crippen molar-refractivity contribution < 1.29 is 4.74 Å². The molecule has 1 aromatic heterocycles. The molecule has 2 aliphatic rings. The van der Waals surface area contributed by atoms with Gasteiger partial charge in [-0.3, -0.25) is 10.1 Å². The van der Waals surface area contributed by atoms with E-state index in [-0.39, 0.29) is 6.61 Å². The van der Waals surface area contributed by atoms with E-state index in [2.05, 4.69) is 44.9 Å². The first-order valence-electron chi connectivity index (χ1n) is 11.3. The second-order valence-electron chi connectivity index (χ2n) is 8.25. The van der Waals surface area contributed by atoms with Gasteiger partial charge >= 0.3 is 0 Å². The highest BCUT2D eigenvalue weighted by molar-refractivity contribution is 6.06. The van der Waals surface area contributed by atoms with Crippen LogP contribution in [0.1, 0.15) is 22.5 Å². The van der Waals surface area contributed by atoms with Crippen molar-refractivity contribution in [3.63, 3.8) is 0 Å². The molecule has 0 saturated carbocycles. The molecule has 0 bridgehead atoms. The molecule has 0 atom stereocenters. The third-order valence-corrected chi connectivity index (χ3v) is 6.29. The summed E-state index contributed by atoms with van der Waals surface area (Å²) in [5.41, 5.74) is 6.24. The van der Waals surface area contributed by atoms with Gasteiger partial charge in [0, 0.05) is 18.8 Å². The summed E-state index contributed by atoms with van der Waals surface area (Å²) in [7, 11) is 1.85. The zero-order valence-corrected chi connectivity index (χ0v) is 19.1. The van der Waals surface area contributed by atoms with Crippen LogP contribution in [0.3, 0.4) is 0 Å². The summed E-state index contributed by atoms with van der Waals surface area (Å²) >= 11 is 0. The average Bonchev–Trinajstić information content (AvgIpc) is 3.49. The van der Waals surface area contributed by atoms with Crippen molar-refractivity contribution >= 4 is 11.7 Å². The van der Waals surface area contributed by atoms with Gasteiger partial charge in [-0.15, -0.1) is 5.10 Å². The van der Waals surface area contributed by atoms with Crippen LogP contribution in [0.4, 0.5) is 0 Å².